The second kappa shape index (κ2) is 11.2. The van der Waals surface area contributed by atoms with Gasteiger partial charge in [0.15, 0.2) is 0 Å². The van der Waals surface area contributed by atoms with Crippen LogP contribution in [0.15, 0.2) is 77.7 Å². The molecular formula is C30H32N2O4. The number of rotatable bonds is 9. The predicted molar refractivity (Wildman–Crippen MR) is 144 cm³/mol. The molecule has 0 aliphatic carbocycles. The van der Waals surface area contributed by atoms with Crippen molar-refractivity contribution in [1.82, 2.24) is 9.47 Å². The standard InChI is InChI=1S/C30H32N2O4/c1-21-9-10-25(30(34)35-4)19-28(21)23-11-12-27-24(18-23)13-15-32(29(27)33)20-22-7-5-8-26(17-22)36-16-6-14-31(2)3/h5,7-13,15,17-19H,6,14,16,20H2,1-4H3. The third kappa shape index (κ3) is 5.83. The van der Waals surface area contributed by atoms with Gasteiger partial charge in [0.25, 0.3) is 5.56 Å². The Morgan fingerprint density at radius 3 is 2.61 bits per heavy atom. The van der Waals surface area contributed by atoms with Gasteiger partial charge in [-0.15, -0.1) is 0 Å². The Kier molecular flexibility index (Phi) is 7.86. The lowest BCUT2D eigenvalue weighted by Gasteiger charge is -2.12. The van der Waals surface area contributed by atoms with E-state index in [1.807, 2.05) is 87.9 Å². The van der Waals surface area contributed by atoms with Crippen molar-refractivity contribution in [3.05, 3.63) is 100.0 Å². The van der Waals surface area contributed by atoms with E-state index in [9.17, 15) is 9.59 Å². The van der Waals surface area contributed by atoms with E-state index in [0.717, 1.165) is 46.4 Å². The molecule has 6 heteroatoms. The van der Waals surface area contributed by atoms with Crippen LogP contribution in [0.1, 0.15) is 27.9 Å². The van der Waals surface area contributed by atoms with E-state index in [-0.39, 0.29) is 11.5 Å². The Morgan fingerprint density at radius 2 is 1.83 bits per heavy atom. The molecule has 6 nitrogen and oxygen atoms in total. The van der Waals surface area contributed by atoms with Crippen LogP contribution in [0.3, 0.4) is 0 Å². The molecule has 0 fully saturated rings. The molecule has 3 aromatic carbocycles. The van der Waals surface area contributed by atoms with Gasteiger partial charge in [0.05, 0.1) is 25.8 Å². The van der Waals surface area contributed by atoms with Crippen LogP contribution in [0.2, 0.25) is 0 Å². The molecular weight excluding hydrogens is 452 g/mol. The van der Waals surface area contributed by atoms with Gasteiger partial charge in [-0.05, 0) is 97.5 Å². The molecule has 4 aromatic rings. The fourth-order valence-corrected chi connectivity index (χ4v) is 4.26. The zero-order chi connectivity index (χ0) is 25.7. The summed E-state index contributed by atoms with van der Waals surface area (Å²) >= 11 is 0. The molecule has 0 N–H and O–H groups in total. The topological polar surface area (TPSA) is 60.8 Å². The average molecular weight is 485 g/mol. The van der Waals surface area contributed by atoms with Crippen LogP contribution in [0.25, 0.3) is 21.9 Å². The number of aryl methyl sites for hydroxylation is 1. The van der Waals surface area contributed by atoms with Crippen molar-refractivity contribution in [2.24, 2.45) is 0 Å². The van der Waals surface area contributed by atoms with E-state index in [1.165, 1.54) is 7.11 Å². The number of pyridine rings is 1. The minimum atomic E-state index is -0.372. The molecule has 0 spiro atoms. The quantitative estimate of drug-likeness (QED) is 0.243. The molecule has 0 atom stereocenters. The molecule has 0 bridgehead atoms. The number of carbonyl (C=O) groups excluding carboxylic acids is 1. The molecule has 0 unspecified atom stereocenters. The number of methoxy groups -OCH3 is 1. The second-order valence-electron chi connectivity index (χ2n) is 9.22. The number of aromatic nitrogens is 1. The molecule has 0 saturated heterocycles. The zero-order valence-electron chi connectivity index (χ0n) is 21.3. The summed E-state index contributed by atoms with van der Waals surface area (Å²) in [5, 5.41) is 1.51. The lowest BCUT2D eigenvalue weighted by Crippen LogP contribution is -2.20. The van der Waals surface area contributed by atoms with Gasteiger partial charge in [-0.2, -0.15) is 0 Å². The first kappa shape index (κ1) is 25.2. The van der Waals surface area contributed by atoms with Gasteiger partial charge in [-0.3, -0.25) is 4.79 Å². The van der Waals surface area contributed by atoms with Crippen molar-refractivity contribution in [2.45, 2.75) is 19.9 Å². The molecule has 186 valence electrons. The van der Waals surface area contributed by atoms with E-state index in [1.54, 1.807) is 10.6 Å². The van der Waals surface area contributed by atoms with E-state index in [4.69, 9.17) is 9.47 Å². The highest BCUT2D eigenvalue weighted by atomic mass is 16.5. The van der Waals surface area contributed by atoms with Crippen LogP contribution in [-0.2, 0) is 11.3 Å². The number of esters is 1. The normalized spacial score (nSPS) is 11.1. The van der Waals surface area contributed by atoms with Crippen molar-refractivity contribution in [3.8, 4) is 16.9 Å². The van der Waals surface area contributed by atoms with E-state index in [0.29, 0.717) is 24.1 Å². The van der Waals surface area contributed by atoms with Crippen LogP contribution < -0.4 is 10.3 Å². The summed E-state index contributed by atoms with van der Waals surface area (Å²) in [5.74, 6) is 0.442. The Bertz CT molecular complexity index is 1440. The Morgan fingerprint density at radius 1 is 1.00 bits per heavy atom. The zero-order valence-corrected chi connectivity index (χ0v) is 21.3. The Balaban J connectivity index is 1.56. The van der Waals surface area contributed by atoms with Gasteiger partial charge < -0.3 is 18.9 Å². The number of fused-ring (bicyclic) bond motifs is 1. The highest BCUT2D eigenvalue weighted by Crippen LogP contribution is 2.27. The summed E-state index contributed by atoms with van der Waals surface area (Å²) in [5.41, 5.74) is 4.38. The first-order chi connectivity index (χ1) is 17.4. The van der Waals surface area contributed by atoms with Crippen molar-refractivity contribution in [3.63, 3.8) is 0 Å². The summed E-state index contributed by atoms with van der Waals surface area (Å²) < 4.78 is 12.5. The average Bonchev–Trinajstić information content (AvgIpc) is 2.88. The Hall–Kier alpha value is -3.90. The fraction of sp³-hybridized carbons (Fsp3) is 0.267. The molecule has 1 heterocycles. The van der Waals surface area contributed by atoms with Crippen LogP contribution in [-0.4, -0.2) is 49.8 Å². The highest BCUT2D eigenvalue weighted by molar-refractivity contribution is 5.93. The SMILES string of the molecule is COC(=O)c1ccc(C)c(-c2ccc3c(=O)n(Cc4cccc(OCCCN(C)C)c4)ccc3c2)c1. The molecule has 0 aliphatic rings. The molecule has 0 saturated carbocycles. The number of carbonyl (C=O) groups is 1. The van der Waals surface area contributed by atoms with Crippen molar-refractivity contribution in [1.29, 1.82) is 0 Å². The Labute approximate surface area is 211 Å². The van der Waals surface area contributed by atoms with Gasteiger partial charge >= 0.3 is 5.97 Å². The van der Waals surface area contributed by atoms with Gasteiger partial charge in [0.2, 0.25) is 0 Å². The molecule has 0 amide bonds. The summed E-state index contributed by atoms with van der Waals surface area (Å²) in [4.78, 5) is 27.4. The number of nitrogens with zero attached hydrogens (tertiary/aromatic N) is 2. The van der Waals surface area contributed by atoms with Gasteiger partial charge in [-0.25, -0.2) is 4.79 Å². The summed E-state index contributed by atoms with van der Waals surface area (Å²) in [6, 6.07) is 21.1. The van der Waals surface area contributed by atoms with Gasteiger partial charge in [-0.1, -0.05) is 24.3 Å². The van der Waals surface area contributed by atoms with Crippen LogP contribution in [0, 0.1) is 6.92 Å². The number of benzene rings is 3. The minimum absolute atomic E-state index is 0.0450. The van der Waals surface area contributed by atoms with Crippen molar-refractivity contribution in [2.75, 3.05) is 34.4 Å². The van der Waals surface area contributed by atoms with E-state index in [2.05, 4.69) is 4.90 Å². The van der Waals surface area contributed by atoms with Gasteiger partial charge in [0.1, 0.15) is 5.75 Å². The van der Waals surface area contributed by atoms with Crippen LogP contribution in [0.4, 0.5) is 0 Å². The lowest BCUT2D eigenvalue weighted by atomic mass is 9.96. The molecule has 0 aliphatic heterocycles. The first-order valence-corrected chi connectivity index (χ1v) is 12.0. The first-order valence-electron chi connectivity index (χ1n) is 12.0. The fourth-order valence-electron chi connectivity index (χ4n) is 4.26. The van der Waals surface area contributed by atoms with Crippen LogP contribution >= 0.6 is 0 Å². The maximum atomic E-state index is 13.3. The van der Waals surface area contributed by atoms with Crippen molar-refractivity contribution < 1.29 is 14.3 Å². The smallest absolute Gasteiger partial charge is 0.337 e. The molecule has 1 aromatic heterocycles. The molecule has 0 radical (unpaired) electrons. The van der Waals surface area contributed by atoms with Gasteiger partial charge in [0, 0.05) is 18.1 Å². The highest BCUT2D eigenvalue weighted by Gasteiger charge is 2.11. The minimum Gasteiger partial charge on any atom is -0.494 e. The molecule has 4 rings (SSSR count). The van der Waals surface area contributed by atoms with Crippen LogP contribution in [0.5, 0.6) is 5.75 Å². The third-order valence-electron chi connectivity index (χ3n) is 6.22. The van der Waals surface area contributed by atoms with E-state index < -0.39 is 0 Å². The van der Waals surface area contributed by atoms with E-state index >= 15 is 0 Å². The number of hydrogen-bond acceptors (Lipinski definition) is 5. The molecule has 36 heavy (non-hydrogen) atoms. The summed E-state index contributed by atoms with van der Waals surface area (Å²) in [7, 11) is 5.47. The number of hydrogen-bond donors (Lipinski definition) is 0. The second-order valence-corrected chi connectivity index (χ2v) is 9.22. The lowest BCUT2D eigenvalue weighted by molar-refractivity contribution is 0.0601. The maximum Gasteiger partial charge on any atom is 0.337 e. The third-order valence-corrected chi connectivity index (χ3v) is 6.22. The predicted octanol–water partition coefficient (Wildman–Crippen LogP) is 5.14. The number of ether oxygens (including phenoxy) is 2. The largest absolute Gasteiger partial charge is 0.494 e. The summed E-state index contributed by atoms with van der Waals surface area (Å²) in [6.07, 6.45) is 2.78. The van der Waals surface area contributed by atoms with Crippen molar-refractivity contribution >= 4 is 16.7 Å². The maximum absolute atomic E-state index is 13.3. The monoisotopic (exact) mass is 484 g/mol. The summed E-state index contributed by atoms with van der Waals surface area (Å²) in [6.45, 7) is 4.09.